The van der Waals surface area contributed by atoms with Crippen LogP contribution in [0.25, 0.3) is 9.81 Å². The molecular formula is C32H30F6N2O2S2. The largest absolute Gasteiger partial charge is 0.494 e. The van der Waals surface area contributed by atoms with Gasteiger partial charge in [0.15, 0.2) is 0 Å². The molecule has 0 spiro atoms. The van der Waals surface area contributed by atoms with Gasteiger partial charge in [-0.1, -0.05) is 24.3 Å². The van der Waals surface area contributed by atoms with Crippen LogP contribution in [0.5, 0.6) is 11.5 Å². The summed E-state index contributed by atoms with van der Waals surface area (Å²) in [5, 5.41) is -0.820. The van der Waals surface area contributed by atoms with Gasteiger partial charge in [0.05, 0.1) is 23.2 Å². The molecule has 2 aromatic rings. The standard InChI is InChI=1S/C32H30F6N2O2S2/c1-29-23(17-25(44-29)19-6-10-21(11-7-19)42-15-3-13-40)27-26(30(33,34)32(37,38)31(27,35)36)22-16-24(43-28(22)29)18-4-8-20(9-5-18)41-14-2-12-39/h4-11,16-17,28H,2-3,12-15,39-40H2,1H3. The Hall–Kier alpha value is -2.80. The lowest BCUT2D eigenvalue weighted by atomic mass is 9.78. The predicted molar refractivity (Wildman–Crippen MR) is 163 cm³/mol. The third-order valence-electron chi connectivity index (χ3n) is 8.18. The van der Waals surface area contributed by atoms with Gasteiger partial charge in [0, 0.05) is 21.0 Å². The molecule has 2 aromatic carbocycles. The lowest BCUT2D eigenvalue weighted by molar-refractivity contribution is -0.258. The highest BCUT2D eigenvalue weighted by molar-refractivity contribution is 8.13. The molecule has 0 amide bonds. The second-order valence-electron chi connectivity index (χ2n) is 11.1. The number of halogens is 6. The van der Waals surface area contributed by atoms with Crippen molar-refractivity contribution in [1.82, 2.24) is 0 Å². The van der Waals surface area contributed by atoms with Gasteiger partial charge >= 0.3 is 17.8 Å². The summed E-state index contributed by atoms with van der Waals surface area (Å²) in [6.45, 7) is 3.47. The van der Waals surface area contributed by atoms with Crippen LogP contribution >= 0.6 is 23.5 Å². The molecule has 0 bridgehead atoms. The Morgan fingerprint density at radius 2 is 1.20 bits per heavy atom. The van der Waals surface area contributed by atoms with Crippen molar-refractivity contribution in [2.45, 2.75) is 47.5 Å². The average molecular weight is 653 g/mol. The van der Waals surface area contributed by atoms with E-state index in [2.05, 4.69) is 0 Å². The van der Waals surface area contributed by atoms with E-state index in [-0.39, 0.29) is 11.1 Å². The van der Waals surface area contributed by atoms with Crippen LogP contribution in [-0.2, 0) is 0 Å². The van der Waals surface area contributed by atoms with Crippen molar-refractivity contribution >= 4 is 33.3 Å². The van der Waals surface area contributed by atoms with E-state index in [1.807, 2.05) is 0 Å². The maximum Gasteiger partial charge on any atom is 0.380 e. The Labute approximate surface area is 259 Å². The smallest absolute Gasteiger partial charge is 0.380 e. The summed E-state index contributed by atoms with van der Waals surface area (Å²) < 4.78 is 102. The summed E-state index contributed by atoms with van der Waals surface area (Å²) in [5.41, 5.74) is 9.35. The number of hydrogen-bond donors (Lipinski definition) is 2. The first-order valence-corrected chi connectivity index (χ1v) is 15.9. The van der Waals surface area contributed by atoms with Gasteiger partial charge in [-0.15, -0.1) is 23.5 Å². The van der Waals surface area contributed by atoms with Gasteiger partial charge in [0.25, 0.3) is 0 Å². The Kier molecular flexibility index (Phi) is 7.95. The second kappa shape index (κ2) is 11.2. The number of hydrogen-bond acceptors (Lipinski definition) is 6. The van der Waals surface area contributed by atoms with Crippen molar-refractivity contribution in [3.05, 3.63) is 94.1 Å². The van der Waals surface area contributed by atoms with E-state index in [0.717, 1.165) is 0 Å². The molecule has 234 valence electrons. The number of rotatable bonds is 10. The minimum Gasteiger partial charge on any atom is -0.494 e. The molecule has 2 heterocycles. The van der Waals surface area contributed by atoms with Crippen molar-refractivity contribution in [1.29, 1.82) is 0 Å². The van der Waals surface area contributed by atoms with E-state index in [1.165, 1.54) is 35.7 Å². The average Bonchev–Trinajstić information content (AvgIpc) is 3.62. The van der Waals surface area contributed by atoms with Crippen LogP contribution in [-0.4, -0.2) is 54.1 Å². The van der Waals surface area contributed by atoms with Crippen molar-refractivity contribution in [3.8, 4) is 11.5 Å². The van der Waals surface area contributed by atoms with Gasteiger partial charge in [0.1, 0.15) is 11.5 Å². The number of thioether (sulfide) groups is 2. The van der Waals surface area contributed by atoms with E-state index >= 15 is 17.6 Å². The summed E-state index contributed by atoms with van der Waals surface area (Å²) >= 11 is 2.43. The van der Waals surface area contributed by atoms with Gasteiger partial charge in [-0.3, -0.25) is 0 Å². The van der Waals surface area contributed by atoms with Crippen LogP contribution in [0.2, 0.25) is 0 Å². The molecule has 0 saturated heterocycles. The SMILES string of the molecule is CC12SC(c3ccc(OCCCN)cc3)=CC1=C1C(=C3C=C(c4ccc(OCCCN)cc4)SC32)C(F)(F)C(F)(F)C1(F)F. The molecule has 4 aliphatic rings. The van der Waals surface area contributed by atoms with Gasteiger partial charge in [-0.05, 0) is 91.5 Å². The Balaban J connectivity index is 1.41. The van der Waals surface area contributed by atoms with E-state index < -0.39 is 38.9 Å². The molecule has 1 fully saturated rings. The fourth-order valence-corrected chi connectivity index (χ4v) is 8.95. The Morgan fingerprint density at radius 3 is 1.73 bits per heavy atom. The summed E-state index contributed by atoms with van der Waals surface area (Å²) in [5.74, 6) is -14.6. The van der Waals surface area contributed by atoms with E-state index in [1.54, 1.807) is 55.5 Å². The molecule has 44 heavy (non-hydrogen) atoms. The number of fused-ring (bicyclic) bond motifs is 4. The molecular weight excluding hydrogens is 622 g/mol. The van der Waals surface area contributed by atoms with Gasteiger partial charge in [-0.25, -0.2) is 0 Å². The van der Waals surface area contributed by atoms with Crippen LogP contribution in [0.3, 0.4) is 0 Å². The van der Waals surface area contributed by atoms with Crippen LogP contribution in [0, 0.1) is 0 Å². The zero-order chi connectivity index (χ0) is 31.5. The minimum absolute atomic E-state index is 0.192. The van der Waals surface area contributed by atoms with E-state index in [0.29, 0.717) is 71.6 Å². The summed E-state index contributed by atoms with van der Waals surface area (Å²) in [4.78, 5) is 1.04. The first-order valence-electron chi connectivity index (χ1n) is 14.2. The molecule has 0 aromatic heterocycles. The monoisotopic (exact) mass is 652 g/mol. The molecule has 4 nitrogen and oxygen atoms in total. The lowest BCUT2D eigenvalue weighted by Gasteiger charge is -2.39. The third-order valence-corrected chi connectivity index (χ3v) is 11.4. The molecule has 0 radical (unpaired) electrons. The van der Waals surface area contributed by atoms with E-state index in [4.69, 9.17) is 20.9 Å². The van der Waals surface area contributed by atoms with Gasteiger partial charge < -0.3 is 20.9 Å². The highest BCUT2D eigenvalue weighted by atomic mass is 32.2. The molecule has 12 heteroatoms. The molecule has 4 N–H and O–H groups in total. The van der Waals surface area contributed by atoms with Crippen LogP contribution in [0.4, 0.5) is 26.3 Å². The maximum atomic E-state index is 15.5. The van der Waals surface area contributed by atoms with Crippen LogP contribution in [0.15, 0.2) is 83.0 Å². The summed E-state index contributed by atoms with van der Waals surface area (Å²) in [7, 11) is 0. The fraction of sp³-hybridized carbons (Fsp3) is 0.375. The third kappa shape index (κ3) is 4.71. The fourth-order valence-electron chi connectivity index (χ4n) is 5.88. The number of alkyl halides is 6. The van der Waals surface area contributed by atoms with Crippen molar-refractivity contribution in [2.75, 3.05) is 26.3 Å². The number of ether oxygens (including phenoxy) is 2. The normalized spacial score (nSPS) is 25.8. The molecule has 2 aliphatic carbocycles. The molecule has 2 aliphatic heterocycles. The quantitative estimate of drug-likeness (QED) is 0.203. The first-order chi connectivity index (χ1) is 20.9. The van der Waals surface area contributed by atoms with E-state index in [9.17, 15) is 8.78 Å². The number of allylic oxidation sites excluding steroid dienone is 4. The topological polar surface area (TPSA) is 70.5 Å². The Bertz CT molecular complexity index is 1580. The summed E-state index contributed by atoms with van der Waals surface area (Å²) in [6.07, 6.45) is 4.08. The lowest BCUT2D eigenvalue weighted by Crippen LogP contribution is -2.47. The first kappa shape index (κ1) is 31.2. The van der Waals surface area contributed by atoms with Crippen molar-refractivity contribution in [3.63, 3.8) is 0 Å². The Morgan fingerprint density at radius 1 is 0.705 bits per heavy atom. The van der Waals surface area contributed by atoms with Gasteiger partial charge in [0.2, 0.25) is 0 Å². The highest BCUT2D eigenvalue weighted by Gasteiger charge is 2.83. The van der Waals surface area contributed by atoms with Crippen LogP contribution < -0.4 is 20.9 Å². The number of benzene rings is 2. The minimum atomic E-state index is -5.59. The highest BCUT2D eigenvalue weighted by Crippen LogP contribution is 2.72. The molecule has 6 rings (SSSR count). The molecule has 1 saturated carbocycles. The zero-order valence-corrected chi connectivity index (χ0v) is 25.3. The zero-order valence-electron chi connectivity index (χ0n) is 23.6. The molecule has 2 unspecified atom stereocenters. The van der Waals surface area contributed by atoms with Crippen molar-refractivity contribution < 1.29 is 35.8 Å². The van der Waals surface area contributed by atoms with Gasteiger partial charge in [-0.2, -0.15) is 26.3 Å². The molecule has 2 atom stereocenters. The van der Waals surface area contributed by atoms with Crippen molar-refractivity contribution in [2.24, 2.45) is 11.5 Å². The maximum absolute atomic E-state index is 15.5. The predicted octanol–water partition coefficient (Wildman–Crippen LogP) is 7.67. The second-order valence-corrected chi connectivity index (χ2v) is 13.7. The number of nitrogens with two attached hydrogens (primary N) is 2. The van der Waals surface area contributed by atoms with Crippen LogP contribution in [0.1, 0.15) is 30.9 Å². The summed E-state index contributed by atoms with van der Waals surface area (Å²) in [6, 6.07) is 13.8.